The zero-order chi connectivity index (χ0) is 13.7. The molecule has 1 atom stereocenters. The van der Waals surface area contributed by atoms with E-state index in [1.165, 1.54) is 0 Å². The summed E-state index contributed by atoms with van der Waals surface area (Å²) in [4.78, 5) is 25.4. The van der Waals surface area contributed by atoms with Crippen LogP contribution in [0.3, 0.4) is 0 Å². The van der Waals surface area contributed by atoms with E-state index >= 15 is 0 Å². The first-order valence-corrected chi connectivity index (χ1v) is 6.53. The maximum absolute atomic E-state index is 11.9. The van der Waals surface area contributed by atoms with E-state index < -0.39 is 0 Å². The van der Waals surface area contributed by atoms with Gasteiger partial charge < -0.3 is 16.0 Å². The molecule has 110 valence electrons. The van der Waals surface area contributed by atoms with Crippen LogP contribution in [0.5, 0.6) is 0 Å². The Kier molecular flexibility index (Phi) is 6.48. The Morgan fingerprint density at radius 3 is 2.65 bits per heavy atom. The van der Waals surface area contributed by atoms with Gasteiger partial charge in [-0.1, -0.05) is 18.2 Å². The lowest BCUT2D eigenvalue weighted by molar-refractivity contribution is -0.131. The fourth-order valence-corrected chi connectivity index (χ4v) is 2.20. The second-order valence-electron chi connectivity index (χ2n) is 4.79. The van der Waals surface area contributed by atoms with Crippen LogP contribution in [0.4, 0.5) is 0 Å². The van der Waals surface area contributed by atoms with Crippen molar-refractivity contribution >= 4 is 24.2 Å². The van der Waals surface area contributed by atoms with Crippen molar-refractivity contribution in [2.45, 2.75) is 18.9 Å². The minimum Gasteiger partial charge on any atom is -0.343 e. The standard InChI is InChI=1S/C14H19N3O2.ClH/c15-12-7-4-8-17(10-12)13(18)9-16-14(19)11-5-2-1-3-6-11;/h1-3,5-6,12H,4,7-10,15H2,(H,16,19);1H/t12-;/m0./s1. The molecule has 2 amide bonds. The molecule has 1 fully saturated rings. The molecule has 0 bridgehead atoms. The lowest BCUT2D eigenvalue weighted by atomic mass is 10.1. The lowest BCUT2D eigenvalue weighted by Crippen LogP contribution is -2.48. The zero-order valence-electron chi connectivity index (χ0n) is 11.2. The van der Waals surface area contributed by atoms with Crippen molar-refractivity contribution in [1.29, 1.82) is 0 Å². The van der Waals surface area contributed by atoms with Gasteiger partial charge in [0, 0.05) is 24.7 Å². The highest BCUT2D eigenvalue weighted by Crippen LogP contribution is 2.08. The molecule has 1 saturated heterocycles. The van der Waals surface area contributed by atoms with Crippen molar-refractivity contribution in [3.63, 3.8) is 0 Å². The van der Waals surface area contributed by atoms with E-state index in [1.54, 1.807) is 29.2 Å². The largest absolute Gasteiger partial charge is 0.343 e. The quantitative estimate of drug-likeness (QED) is 0.866. The Hall–Kier alpha value is -1.59. The molecule has 0 saturated carbocycles. The van der Waals surface area contributed by atoms with E-state index in [2.05, 4.69) is 5.32 Å². The molecule has 2 rings (SSSR count). The summed E-state index contributed by atoms with van der Waals surface area (Å²) in [7, 11) is 0. The summed E-state index contributed by atoms with van der Waals surface area (Å²) in [6.45, 7) is 1.34. The predicted octanol–water partition coefficient (Wildman–Crippen LogP) is 0.788. The fourth-order valence-electron chi connectivity index (χ4n) is 2.20. The number of piperidine rings is 1. The summed E-state index contributed by atoms with van der Waals surface area (Å²) in [6.07, 6.45) is 1.89. The van der Waals surface area contributed by atoms with Gasteiger partial charge in [0.25, 0.3) is 5.91 Å². The van der Waals surface area contributed by atoms with E-state index in [1.807, 2.05) is 6.07 Å². The molecule has 0 unspecified atom stereocenters. The summed E-state index contributed by atoms with van der Waals surface area (Å²) >= 11 is 0. The SMILES string of the molecule is Cl.N[C@H]1CCCN(C(=O)CNC(=O)c2ccccc2)C1. The van der Waals surface area contributed by atoms with Gasteiger partial charge in [0.05, 0.1) is 6.54 Å². The van der Waals surface area contributed by atoms with Crippen LogP contribution in [0.25, 0.3) is 0 Å². The van der Waals surface area contributed by atoms with Gasteiger partial charge in [0.2, 0.25) is 5.91 Å². The number of nitrogens with two attached hydrogens (primary N) is 1. The summed E-state index contributed by atoms with van der Waals surface area (Å²) in [5, 5.41) is 2.64. The van der Waals surface area contributed by atoms with E-state index in [-0.39, 0.29) is 36.8 Å². The summed E-state index contributed by atoms with van der Waals surface area (Å²) < 4.78 is 0. The molecule has 1 aliphatic heterocycles. The number of rotatable bonds is 3. The number of likely N-dealkylation sites (tertiary alicyclic amines) is 1. The van der Waals surface area contributed by atoms with E-state index in [4.69, 9.17) is 5.73 Å². The first-order valence-electron chi connectivity index (χ1n) is 6.53. The van der Waals surface area contributed by atoms with Crippen molar-refractivity contribution in [2.24, 2.45) is 5.73 Å². The summed E-state index contributed by atoms with van der Waals surface area (Å²) in [5.41, 5.74) is 6.39. The predicted molar refractivity (Wildman–Crippen MR) is 79.8 cm³/mol. The van der Waals surface area contributed by atoms with Crippen LogP contribution < -0.4 is 11.1 Å². The maximum atomic E-state index is 11.9. The maximum Gasteiger partial charge on any atom is 0.251 e. The summed E-state index contributed by atoms with van der Waals surface area (Å²) in [5.74, 6) is -0.297. The Morgan fingerprint density at radius 2 is 2.00 bits per heavy atom. The molecule has 0 aliphatic carbocycles. The monoisotopic (exact) mass is 297 g/mol. The number of carbonyl (C=O) groups excluding carboxylic acids is 2. The van der Waals surface area contributed by atoms with Gasteiger partial charge >= 0.3 is 0 Å². The molecule has 20 heavy (non-hydrogen) atoms. The van der Waals surface area contributed by atoms with Gasteiger partial charge in [-0.3, -0.25) is 9.59 Å². The van der Waals surface area contributed by atoms with Crippen molar-refractivity contribution in [3.8, 4) is 0 Å². The van der Waals surface area contributed by atoms with Crippen molar-refractivity contribution in [3.05, 3.63) is 35.9 Å². The third kappa shape index (κ3) is 4.51. The Morgan fingerprint density at radius 1 is 1.30 bits per heavy atom. The average molecular weight is 298 g/mol. The highest BCUT2D eigenvalue weighted by Gasteiger charge is 2.21. The summed E-state index contributed by atoms with van der Waals surface area (Å²) in [6, 6.07) is 8.92. The van der Waals surface area contributed by atoms with E-state index in [0.29, 0.717) is 12.1 Å². The molecule has 0 spiro atoms. The Bertz CT molecular complexity index is 453. The number of nitrogens with zero attached hydrogens (tertiary/aromatic N) is 1. The molecule has 0 radical (unpaired) electrons. The molecular formula is C14H20ClN3O2. The normalized spacial score (nSPS) is 18.1. The number of nitrogens with one attached hydrogen (secondary N) is 1. The number of halogens is 1. The van der Waals surface area contributed by atoms with Crippen LogP contribution in [0.2, 0.25) is 0 Å². The number of carbonyl (C=O) groups is 2. The van der Waals surface area contributed by atoms with Crippen LogP contribution in [-0.2, 0) is 4.79 Å². The Balaban J connectivity index is 0.00000200. The number of hydrogen-bond donors (Lipinski definition) is 2. The molecule has 1 heterocycles. The third-order valence-corrected chi connectivity index (χ3v) is 3.25. The smallest absolute Gasteiger partial charge is 0.251 e. The topological polar surface area (TPSA) is 75.4 Å². The first kappa shape index (κ1) is 16.5. The molecular weight excluding hydrogens is 278 g/mol. The minimum atomic E-state index is -0.227. The van der Waals surface area contributed by atoms with Crippen LogP contribution in [-0.4, -0.2) is 42.4 Å². The van der Waals surface area contributed by atoms with Gasteiger partial charge in [0.15, 0.2) is 0 Å². The zero-order valence-corrected chi connectivity index (χ0v) is 12.1. The van der Waals surface area contributed by atoms with Gasteiger partial charge in [0.1, 0.15) is 0 Å². The molecule has 0 aromatic heterocycles. The van der Waals surface area contributed by atoms with Crippen molar-refractivity contribution < 1.29 is 9.59 Å². The van der Waals surface area contributed by atoms with Crippen molar-refractivity contribution in [1.82, 2.24) is 10.2 Å². The molecule has 1 aromatic rings. The third-order valence-electron chi connectivity index (χ3n) is 3.25. The highest BCUT2D eigenvalue weighted by molar-refractivity contribution is 5.96. The second kappa shape index (κ2) is 7.87. The van der Waals surface area contributed by atoms with Crippen LogP contribution in [0, 0.1) is 0 Å². The van der Waals surface area contributed by atoms with Gasteiger partial charge in [-0.05, 0) is 25.0 Å². The lowest BCUT2D eigenvalue weighted by Gasteiger charge is -2.30. The highest BCUT2D eigenvalue weighted by atomic mass is 35.5. The Labute approximate surface area is 124 Å². The van der Waals surface area contributed by atoms with Crippen LogP contribution in [0.1, 0.15) is 23.2 Å². The van der Waals surface area contributed by atoms with Gasteiger partial charge in [-0.15, -0.1) is 12.4 Å². The second-order valence-corrected chi connectivity index (χ2v) is 4.79. The van der Waals surface area contributed by atoms with E-state index in [0.717, 1.165) is 19.4 Å². The first-order chi connectivity index (χ1) is 9.16. The number of amides is 2. The van der Waals surface area contributed by atoms with Gasteiger partial charge in [-0.2, -0.15) is 0 Å². The van der Waals surface area contributed by atoms with Crippen LogP contribution >= 0.6 is 12.4 Å². The molecule has 1 aliphatic rings. The molecule has 3 N–H and O–H groups in total. The fraction of sp³-hybridized carbons (Fsp3) is 0.429. The van der Waals surface area contributed by atoms with Crippen LogP contribution in [0.15, 0.2) is 30.3 Å². The molecule has 5 nitrogen and oxygen atoms in total. The molecule has 1 aromatic carbocycles. The number of benzene rings is 1. The average Bonchev–Trinajstić information content (AvgIpc) is 2.45. The molecule has 6 heteroatoms. The number of hydrogen-bond acceptors (Lipinski definition) is 3. The van der Waals surface area contributed by atoms with Crippen molar-refractivity contribution in [2.75, 3.05) is 19.6 Å². The minimum absolute atomic E-state index is 0. The van der Waals surface area contributed by atoms with E-state index in [9.17, 15) is 9.59 Å². The van der Waals surface area contributed by atoms with Gasteiger partial charge in [-0.25, -0.2) is 0 Å².